The van der Waals surface area contributed by atoms with Crippen molar-refractivity contribution in [2.75, 3.05) is 12.5 Å². The van der Waals surface area contributed by atoms with E-state index in [1.807, 2.05) is 24.3 Å². The van der Waals surface area contributed by atoms with Crippen molar-refractivity contribution in [2.45, 2.75) is 6.42 Å². The van der Waals surface area contributed by atoms with Crippen molar-refractivity contribution < 1.29 is 9.53 Å². The summed E-state index contributed by atoms with van der Waals surface area (Å²) in [4.78, 5) is 15.7. The highest BCUT2D eigenvalue weighted by Crippen LogP contribution is 2.29. The van der Waals surface area contributed by atoms with Gasteiger partial charge in [-0.05, 0) is 17.5 Å². The number of aromatic nitrogens is 1. The van der Waals surface area contributed by atoms with Gasteiger partial charge in [0.05, 0.1) is 30.6 Å². The van der Waals surface area contributed by atoms with Crippen molar-refractivity contribution in [3.8, 4) is 0 Å². The highest BCUT2D eigenvalue weighted by atomic mass is 16.5. The molecule has 0 aliphatic carbocycles. The van der Waals surface area contributed by atoms with Crippen LogP contribution >= 0.6 is 0 Å². The molecule has 3 rings (SSSR count). The second kappa shape index (κ2) is 4.10. The van der Waals surface area contributed by atoms with Crippen molar-refractivity contribution in [1.29, 1.82) is 0 Å². The van der Waals surface area contributed by atoms with Gasteiger partial charge < -0.3 is 4.74 Å². The SMILES string of the molecule is COC(=O)CC1=NNc2cccc3ccnc1c23. The van der Waals surface area contributed by atoms with Crippen LogP contribution in [0.1, 0.15) is 12.1 Å². The van der Waals surface area contributed by atoms with Gasteiger partial charge in [0.1, 0.15) is 0 Å². The Morgan fingerprint density at radius 1 is 1.39 bits per heavy atom. The van der Waals surface area contributed by atoms with E-state index in [2.05, 4.69) is 20.2 Å². The molecule has 1 N–H and O–H groups in total. The number of hydrogen-bond donors (Lipinski definition) is 1. The second-order valence-corrected chi connectivity index (χ2v) is 3.99. The molecule has 0 saturated carbocycles. The van der Waals surface area contributed by atoms with Crippen LogP contribution in [0.3, 0.4) is 0 Å². The summed E-state index contributed by atoms with van der Waals surface area (Å²) in [5, 5.41) is 6.25. The summed E-state index contributed by atoms with van der Waals surface area (Å²) in [5.41, 5.74) is 5.20. The first-order chi connectivity index (χ1) is 8.79. The fraction of sp³-hybridized carbons (Fsp3) is 0.154. The summed E-state index contributed by atoms with van der Waals surface area (Å²) in [5.74, 6) is -0.325. The van der Waals surface area contributed by atoms with E-state index in [0.717, 1.165) is 22.2 Å². The summed E-state index contributed by atoms with van der Waals surface area (Å²) in [6.07, 6.45) is 1.84. The highest BCUT2D eigenvalue weighted by Gasteiger charge is 2.19. The van der Waals surface area contributed by atoms with Gasteiger partial charge in [0.25, 0.3) is 0 Å². The normalized spacial score (nSPS) is 12.8. The molecule has 0 spiro atoms. The third kappa shape index (κ3) is 1.60. The molecule has 5 heteroatoms. The van der Waals surface area contributed by atoms with Gasteiger partial charge in [0.2, 0.25) is 0 Å². The van der Waals surface area contributed by atoms with E-state index in [4.69, 9.17) is 0 Å². The number of esters is 1. The third-order valence-corrected chi connectivity index (χ3v) is 2.92. The molecule has 1 aromatic carbocycles. The van der Waals surface area contributed by atoms with Crippen LogP contribution in [0.5, 0.6) is 0 Å². The van der Waals surface area contributed by atoms with Gasteiger partial charge in [0.15, 0.2) is 0 Å². The van der Waals surface area contributed by atoms with E-state index in [1.165, 1.54) is 7.11 Å². The Morgan fingerprint density at radius 3 is 3.11 bits per heavy atom. The van der Waals surface area contributed by atoms with Crippen LogP contribution < -0.4 is 5.43 Å². The van der Waals surface area contributed by atoms with E-state index in [0.29, 0.717) is 5.71 Å². The fourth-order valence-corrected chi connectivity index (χ4v) is 2.05. The Hall–Kier alpha value is -2.43. The standard InChI is InChI=1S/C13H11N3O2/c1-18-11(17)7-10-13-12-8(5-6-14-13)3-2-4-9(12)15-16-10/h2-6,15H,7H2,1H3. The van der Waals surface area contributed by atoms with Crippen LogP contribution in [0.2, 0.25) is 0 Å². The molecule has 0 bridgehead atoms. The molecule has 0 fully saturated rings. The Bertz CT molecular complexity index is 659. The van der Waals surface area contributed by atoms with Gasteiger partial charge >= 0.3 is 5.97 Å². The Labute approximate surface area is 103 Å². The minimum atomic E-state index is -0.325. The molecule has 18 heavy (non-hydrogen) atoms. The minimum Gasteiger partial charge on any atom is -0.469 e. The van der Waals surface area contributed by atoms with Gasteiger partial charge in [-0.15, -0.1) is 0 Å². The number of carbonyl (C=O) groups is 1. The smallest absolute Gasteiger partial charge is 0.311 e. The summed E-state index contributed by atoms with van der Waals surface area (Å²) >= 11 is 0. The van der Waals surface area contributed by atoms with Crippen molar-refractivity contribution >= 4 is 28.1 Å². The molecule has 0 atom stereocenters. The average molecular weight is 241 g/mol. The molecule has 0 unspecified atom stereocenters. The van der Waals surface area contributed by atoms with Gasteiger partial charge in [-0.2, -0.15) is 5.10 Å². The molecular formula is C13H11N3O2. The predicted octanol–water partition coefficient (Wildman–Crippen LogP) is 1.93. The van der Waals surface area contributed by atoms with Crippen LogP contribution in [0.15, 0.2) is 35.6 Å². The van der Waals surface area contributed by atoms with E-state index < -0.39 is 0 Å². The number of nitrogens with zero attached hydrogens (tertiary/aromatic N) is 2. The first-order valence-corrected chi connectivity index (χ1v) is 5.57. The lowest BCUT2D eigenvalue weighted by Gasteiger charge is -2.16. The molecule has 0 saturated heterocycles. The lowest BCUT2D eigenvalue weighted by molar-refractivity contribution is -0.139. The second-order valence-electron chi connectivity index (χ2n) is 3.99. The van der Waals surface area contributed by atoms with Crippen LogP contribution in [-0.2, 0) is 9.53 Å². The molecule has 0 radical (unpaired) electrons. The first-order valence-electron chi connectivity index (χ1n) is 5.57. The number of nitrogens with one attached hydrogen (secondary N) is 1. The molecule has 1 aromatic heterocycles. The topological polar surface area (TPSA) is 63.6 Å². The number of methoxy groups -OCH3 is 1. The zero-order valence-electron chi connectivity index (χ0n) is 9.80. The largest absolute Gasteiger partial charge is 0.469 e. The number of ether oxygens (including phenoxy) is 1. The predicted molar refractivity (Wildman–Crippen MR) is 68.5 cm³/mol. The number of carbonyl (C=O) groups excluding carboxylic acids is 1. The van der Waals surface area contributed by atoms with Gasteiger partial charge in [-0.3, -0.25) is 15.2 Å². The molecule has 90 valence electrons. The van der Waals surface area contributed by atoms with E-state index >= 15 is 0 Å². The number of benzene rings is 1. The number of hydrazone groups is 1. The zero-order valence-corrected chi connectivity index (χ0v) is 9.80. The summed E-state index contributed by atoms with van der Waals surface area (Å²) < 4.78 is 4.66. The highest BCUT2D eigenvalue weighted by molar-refractivity contribution is 6.19. The lowest BCUT2D eigenvalue weighted by atomic mass is 10.0. The zero-order chi connectivity index (χ0) is 12.5. The van der Waals surface area contributed by atoms with E-state index in [-0.39, 0.29) is 12.4 Å². The van der Waals surface area contributed by atoms with Crippen molar-refractivity contribution in [3.05, 3.63) is 36.2 Å². The molecule has 1 aliphatic heterocycles. The van der Waals surface area contributed by atoms with Crippen LogP contribution in [0.25, 0.3) is 10.8 Å². The molecular weight excluding hydrogens is 230 g/mol. The number of hydrogen-bond acceptors (Lipinski definition) is 5. The van der Waals surface area contributed by atoms with Crippen LogP contribution in [-0.4, -0.2) is 23.8 Å². The van der Waals surface area contributed by atoms with Crippen LogP contribution in [0, 0.1) is 0 Å². The first kappa shape index (κ1) is 10.7. The summed E-state index contributed by atoms with van der Waals surface area (Å²) in [7, 11) is 1.36. The maximum atomic E-state index is 11.4. The molecule has 2 aromatic rings. The third-order valence-electron chi connectivity index (χ3n) is 2.92. The van der Waals surface area contributed by atoms with Crippen molar-refractivity contribution in [1.82, 2.24) is 4.98 Å². The van der Waals surface area contributed by atoms with Gasteiger partial charge in [-0.25, -0.2) is 0 Å². The van der Waals surface area contributed by atoms with Gasteiger partial charge in [-0.1, -0.05) is 12.1 Å². The number of pyridine rings is 1. The molecule has 0 amide bonds. The molecule has 1 aliphatic rings. The lowest BCUT2D eigenvalue weighted by Crippen LogP contribution is -2.17. The van der Waals surface area contributed by atoms with Crippen molar-refractivity contribution in [2.24, 2.45) is 5.10 Å². The summed E-state index contributed by atoms with van der Waals surface area (Å²) in [6.45, 7) is 0. The molecule has 2 heterocycles. The maximum Gasteiger partial charge on any atom is 0.311 e. The van der Waals surface area contributed by atoms with E-state index in [1.54, 1.807) is 6.20 Å². The quantitative estimate of drug-likeness (QED) is 0.816. The maximum absolute atomic E-state index is 11.4. The monoisotopic (exact) mass is 241 g/mol. The average Bonchev–Trinajstić information content (AvgIpc) is 2.42. The van der Waals surface area contributed by atoms with Gasteiger partial charge in [0, 0.05) is 11.6 Å². The van der Waals surface area contributed by atoms with E-state index in [9.17, 15) is 4.79 Å². The Morgan fingerprint density at radius 2 is 2.28 bits per heavy atom. The number of rotatable bonds is 2. The number of anilines is 1. The summed E-state index contributed by atoms with van der Waals surface area (Å²) in [6, 6.07) is 7.83. The Kier molecular flexibility index (Phi) is 2.44. The molecule has 5 nitrogen and oxygen atoms in total. The Balaban J connectivity index is 2.14. The fourth-order valence-electron chi connectivity index (χ4n) is 2.05. The minimum absolute atomic E-state index is 0.115. The van der Waals surface area contributed by atoms with Crippen LogP contribution in [0.4, 0.5) is 5.69 Å². The van der Waals surface area contributed by atoms with Crippen molar-refractivity contribution in [3.63, 3.8) is 0 Å².